The van der Waals surface area contributed by atoms with Gasteiger partial charge in [-0.3, -0.25) is 0 Å². The minimum absolute atomic E-state index is 0.424. The van der Waals surface area contributed by atoms with E-state index < -0.39 is 0 Å². The van der Waals surface area contributed by atoms with Crippen molar-refractivity contribution in [2.24, 2.45) is 0 Å². The Morgan fingerprint density at radius 1 is 1.13 bits per heavy atom. The Morgan fingerprint density at radius 2 is 1.87 bits per heavy atom. The fourth-order valence-corrected chi connectivity index (χ4v) is 2.95. The summed E-state index contributed by atoms with van der Waals surface area (Å²) in [6, 6.07) is 8.13. The zero-order valence-electron chi connectivity index (χ0n) is 13.7. The first kappa shape index (κ1) is 15.9. The Balaban J connectivity index is 1.49. The van der Waals surface area contributed by atoms with E-state index in [1.165, 1.54) is 44.1 Å². The Labute approximate surface area is 137 Å². The average molecular weight is 315 g/mol. The van der Waals surface area contributed by atoms with Gasteiger partial charge in [0.2, 0.25) is 5.95 Å². The molecule has 3 rings (SSSR count). The quantitative estimate of drug-likeness (QED) is 0.655. The molecule has 0 amide bonds. The van der Waals surface area contributed by atoms with Crippen LogP contribution in [0.2, 0.25) is 0 Å². The number of anilines is 1. The van der Waals surface area contributed by atoms with Crippen molar-refractivity contribution in [3.05, 3.63) is 29.8 Å². The Hall–Kier alpha value is -1.95. The maximum Gasteiger partial charge on any atom is 0.247 e. The van der Waals surface area contributed by atoms with Gasteiger partial charge in [0.05, 0.1) is 18.4 Å². The van der Waals surface area contributed by atoms with E-state index in [9.17, 15) is 0 Å². The van der Waals surface area contributed by atoms with Gasteiger partial charge in [-0.05, 0) is 42.3 Å². The molecule has 0 aliphatic heterocycles. The molecule has 1 aliphatic carbocycles. The molecule has 0 atom stereocenters. The lowest BCUT2D eigenvalue weighted by Crippen LogP contribution is -2.19. The van der Waals surface area contributed by atoms with E-state index in [0.717, 1.165) is 5.69 Å². The number of benzene rings is 1. The van der Waals surface area contributed by atoms with Crippen molar-refractivity contribution in [1.29, 1.82) is 0 Å². The van der Waals surface area contributed by atoms with E-state index >= 15 is 0 Å². The van der Waals surface area contributed by atoms with Crippen molar-refractivity contribution in [2.45, 2.75) is 51.6 Å². The fourth-order valence-electron chi connectivity index (χ4n) is 2.95. The highest BCUT2D eigenvalue weighted by Crippen LogP contribution is 2.19. The molecule has 1 heterocycles. The van der Waals surface area contributed by atoms with Gasteiger partial charge in [-0.15, -0.1) is 0 Å². The Bertz CT molecular complexity index is 587. The molecular formula is C17H25N5O. The lowest BCUT2D eigenvalue weighted by atomic mass is 10.1. The zero-order valence-corrected chi connectivity index (χ0v) is 13.7. The van der Waals surface area contributed by atoms with Crippen LogP contribution in [-0.2, 0) is 4.74 Å². The van der Waals surface area contributed by atoms with Crippen LogP contribution < -0.4 is 5.32 Å². The first-order valence-electron chi connectivity index (χ1n) is 8.54. The lowest BCUT2D eigenvalue weighted by molar-refractivity contribution is 0.0500. The Morgan fingerprint density at radius 3 is 2.61 bits per heavy atom. The van der Waals surface area contributed by atoms with Crippen LogP contribution in [0.3, 0.4) is 0 Å². The lowest BCUT2D eigenvalue weighted by Gasteiger charge is -2.15. The summed E-state index contributed by atoms with van der Waals surface area (Å²) >= 11 is 0. The number of ether oxygens (including phenoxy) is 1. The molecule has 6 nitrogen and oxygen atoms in total. The van der Waals surface area contributed by atoms with Crippen LogP contribution in [0.5, 0.6) is 0 Å². The summed E-state index contributed by atoms with van der Waals surface area (Å²) in [5.41, 5.74) is 2.17. The fraction of sp³-hybridized carbons (Fsp3) is 0.588. The smallest absolute Gasteiger partial charge is 0.247 e. The predicted molar refractivity (Wildman–Crippen MR) is 89.8 cm³/mol. The summed E-state index contributed by atoms with van der Waals surface area (Å²) in [6.45, 7) is 3.46. The van der Waals surface area contributed by atoms with Crippen LogP contribution in [0.1, 0.15) is 44.1 Å². The second-order valence-corrected chi connectivity index (χ2v) is 6.16. The topological polar surface area (TPSA) is 64.9 Å². The number of nitrogens with one attached hydrogen (secondary N) is 1. The van der Waals surface area contributed by atoms with Gasteiger partial charge >= 0.3 is 0 Å². The third-order valence-electron chi connectivity index (χ3n) is 4.29. The van der Waals surface area contributed by atoms with Gasteiger partial charge in [0.1, 0.15) is 0 Å². The summed E-state index contributed by atoms with van der Waals surface area (Å²) in [5, 5.41) is 15.1. The third kappa shape index (κ3) is 4.51. The SMILES string of the molecule is Cc1ccc(-n2nnnc2NCCOC2CCCCCC2)cc1. The van der Waals surface area contributed by atoms with E-state index in [4.69, 9.17) is 4.74 Å². The van der Waals surface area contributed by atoms with E-state index in [2.05, 4.69) is 39.9 Å². The molecule has 1 aliphatic rings. The van der Waals surface area contributed by atoms with Crippen LogP contribution in [0.15, 0.2) is 24.3 Å². The second-order valence-electron chi connectivity index (χ2n) is 6.16. The number of aryl methyl sites for hydroxylation is 1. The van der Waals surface area contributed by atoms with Crippen molar-refractivity contribution in [3.63, 3.8) is 0 Å². The number of aromatic nitrogens is 4. The molecule has 1 N–H and O–H groups in total. The predicted octanol–water partition coefficient (Wildman–Crippen LogP) is 3.12. The first-order chi connectivity index (χ1) is 11.3. The number of tetrazole rings is 1. The number of nitrogens with zero attached hydrogens (tertiary/aromatic N) is 4. The van der Waals surface area contributed by atoms with Crippen LogP contribution in [0.25, 0.3) is 5.69 Å². The van der Waals surface area contributed by atoms with E-state index in [1.807, 2.05) is 12.1 Å². The van der Waals surface area contributed by atoms with E-state index in [0.29, 0.717) is 25.2 Å². The highest BCUT2D eigenvalue weighted by molar-refractivity contribution is 5.39. The summed E-state index contributed by atoms with van der Waals surface area (Å²) in [7, 11) is 0. The number of hydrogen-bond acceptors (Lipinski definition) is 5. The molecule has 0 spiro atoms. The molecule has 6 heteroatoms. The second kappa shape index (κ2) is 8.06. The highest BCUT2D eigenvalue weighted by atomic mass is 16.5. The molecule has 1 saturated carbocycles. The summed E-state index contributed by atoms with van der Waals surface area (Å²) in [6.07, 6.45) is 8.11. The van der Waals surface area contributed by atoms with Gasteiger partial charge in [-0.1, -0.05) is 48.5 Å². The monoisotopic (exact) mass is 315 g/mol. The molecule has 1 aromatic heterocycles. The molecule has 0 radical (unpaired) electrons. The summed E-state index contributed by atoms with van der Waals surface area (Å²) in [4.78, 5) is 0. The third-order valence-corrected chi connectivity index (χ3v) is 4.29. The summed E-state index contributed by atoms with van der Waals surface area (Å²) in [5.74, 6) is 0.651. The maximum atomic E-state index is 5.98. The normalized spacial score (nSPS) is 16.2. The van der Waals surface area contributed by atoms with Crippen LogP contribution in [0, 0.1) is 6.92 Å². The molecule has 0 bridgehead atoms. The van der Waals surface area contributed by atoms with Crippen LogP contribution in [-0.4, -0.2) is 39.5 Å². The first-order valence-corrected chi connectivity index (χ1v) is 8.54. The van der Waals surface area contributed by atoms with E-state index in [-0.39, 0.29) is 0 Å². The molecule has 0 unspecified atom stereocenters. The van der Waals surface area contributed by atoms with Crippen molar-refractivity contribution in [2.75, 3.05) is 18.5 Å². The Kier molecular flexibility index (Phi) is 5.58. The average Bonchev–Trinajstić information content (AvgIpc) is 2.87. The number of hydrogen-bond donors (Lipinski definition) is 1. The van der Waals surface area contributed by atoms with Crippen LogP contribution in [0.4, 0.5) is 5.95 Å². The van der Waals surface area contributed by atoms with Crippen molar-refractivity contribution in [3.8, 4) is 5.69 Å². The zero-order chi connectivity index (χ0) is 15.9. The van der Waals surface area contributed by atoms with E-state index in [1.54, 1.807) is 4.68 Å². The molecule has 0 saturated heterocycles. The standard InChI is InChI=1S/C17H25N5O/c1-14-8-10-15(11-9-14)22-17(19-20-21-22)18-12-13-23-16-6-4-2-3-5-7-16/h8-11,16H,2-7,12-13H2,1H3,(H,18,19,21). The highest BCUT2D eigenvalue weighted by Gasteiger charge is 2.12. The van der Waals surface area contributed by atoms with Crippen LogP contribution >= 0.6 is 0 Å². The van der Waals surface area contributed by atoms with Gasteiger partial charge < -0.3 is 10.1 Å². The maximum absolute atomic E-state index is 5.98. The van der Waals surface area contributed by atoms with Gasteiger partial charge in [0.15, 0.2) is 0 Å². The van der Waals surface area contributed by atoms with Crippen molar-refractivity contribution >= 4 is 5.95 Å². The molecule has 124 valence electrons. The minimum atomic E-state index is 0.424. The molecule has 23 heavy (non-hydrogen) atoms. The van der Waals surface area contributed by atoms with Crippen molar-refractivity contribution < 1.29 is 4.74 Å². The molecular weight excluding hydrogens is 290 g/mol. The van der Waals surface area contributed by atoms with Gasteiger partial charge in [-0.25, -0.2) is 0 Å². The van der Waals surface area contributed by atoms with Gasteiger partial charge in [0.25, 0.3) is 0 Å². The minimum Gasteiger partial charge on any atom is -0.376 e. The number of rotatable bonds is 6. The molecule has 2 aromatic rings. The largest absolute Gasteiger partial charge is 0.376 e. The van der Waals surface area contributed by atoms with Crippen molar-refractivity contribution in [1.82, 2.24) is 20.2 Å². The molecule has 1 aromatic carbocycles. The van der Waals surface area contributed by atoms with Gasteiger partial charge in [-0.2, -0.15) is 4.68 Å². The summed E-state index contributed by atoms with van der Waals surface area (Å²) < 4.78 is 7.70. The molecule has 1 fully saturated rings. The van der Waals surface area contributed by atoms with Gasteiger partial charge in [0, 0.05) is 6.54 Å².